The smallest absolute Gasteiger partial charge is 0.327 e. The van der Waals surface area contributed by atoms with Crippen molar-refractivity contribution in [3.05, 3.63) is 0 Å². The van der Waals surface area contributed by atoms with Gasteiger partial charge in [-0.3, -0.25) is 9.36 Å². The Hall–Kier alpha value is -0.180. The third-order valence-corrected chi connectivity index (χ3v) is 0.994. The number of rotatable bonds is 3. The quantitative estimate of drug-likeness (QED) is 0.365. The Morgan fingerprint density at radius 3 is 2.78 bits per heavy atom. The number of carbonyl (C=O) groups excluding carboxylic acids is 1. The van der Waals surface area contributed by atoms with E-state index in [0.717, 1.165) is 0 Å². The highest BCUT2D eigenvalue weighted by atomic mass is 35.5. The van der Waals surface area contributed by atoms with Gasteiger partial charge in [0.15, 0.2) is 0 Å². The lowest BCUT2D eigenvalue weighted by atomic mass is 10.5. The summed E-state index contributed by atoms with van der Waals surface area (Å²) in [7, 11) is -0.546. The van der Waals surface area contributed by atoms with E-state index in [4.69, 9.17) is 11.8 Å². The monoisotopic (exact) mass is 169 g/mol. The molecule has 0 amide bonds. The summed E-state index contributed by atoms with van der Waals surface area (Å²) in [6.07, 6.45) is 0.207. The average molecular weight is 170 g/mol. The molecule has 0 N–H and O–H groups in total. The Kier molecular flexibility index (Phi) is 4.58. The van der Waals surface area contributed by atoms with Crippen LogP contribution < -0.4 is 0 Å². The topological polar surface area (TPSA) is 46.6 Å². The van der Waals surface area contributed by atoms with Crippen molar-refractivity contribution < 1.29 is 14.2 Å². The number of carbonyl (C=O) groups is 1. The van der Waals surface area contributed by atoms with E-state index in [1.807, 2.05) is 0 Å². The van der Waals surface area contributed by atoms with E-state index < -0.39 is 14.6 Å². The molecule has 0 saturated heterocycles. The molecule has 0 saturated carbocycles. The molecule has 0 atom stereocenters. The van der Waals surface area contributed by atoms with Gasteiger partial charge in [0.05, 0.1) is 0 Å². The van der Waals surface area contributed by atoms with Crippen molar-refractivity contribution in [1.29, 1.82) is 0 Å². The fourth-order valence-electron chi connectivity index (χ4n) is 0.165. The SMILES string of the molecule is CCC(=O)ON(Cl)P=O. The second-order valence-corrected chi connectivity index (χ2v) is 2.19. The summed E-state index contributed by atoms with van der Waals surface area (Å²) >= 11 is 5.00. The number of halogens is 1. The molecule has 9 heavy (non-hydrogen) atoms. The number of nitrogens with zero attached hydrogens (tertiary/aromatic N) is 1. The van der Waals surface area contributed by atoms with Crippen molar-refractivity contribution >= 4 is 26.4 Å². The summed E-state index contributed by atoms with van der Waals surface area (Å²) in [5, 5.41) is 0. The van der Waals surface area contributed by atoms with Gasteiger partial charge in [-0.1, -0.05) is 6.92 Å². The average Bonchev–Trinajstić information content (AvgIpc) is 1.87. The summed E-state index contributed by atoms with van der Waals surface area (Å²) in [5.41, 5.74) is 0. The lowest BCUT2D eigenvalue weighted by molar-refractivity contribution is -0.157. The number of hydrogen-bond acceptors (Lipinski definition) is 3. The van der Waals surface area contributed by atoms with Crippen LogP contribution in [0.5, 0.6) is 0 Å². The fraction of sp³-hybridized carbons (Fsp3) is 0.667. The van der Waals surface area contributed by atoms with Crippen LogP contribution in [0.25, 0.3) is 0 Å². The van der Waals surface area contributed by atoms with Gasteiger partial charge in [-0.15, -0.1) is 0 Å². The van der Waals surface area contributed by atoms with Gasteiger partial charge in [0.25, 0.3) is 0 Å². The summed E-state index contributed by atoms with van der Waals surface area (Å²) < 4.78 is 10.2. The van der Waals surface area contributed by atoms with E-state index in [-0.39, 0.29) is 6.42 Å². The normalized spacial score (nSPS) is 10.1. The van der Waals surface area contributed by atoms with Gasteiger partial charge in [0.1, 0.15) is 0 Å². The van der Waals surface area contributed by atoms with Crippen LogP contribution in [-0.2, 0) is 14.2 Å². The maximum absolute atomic E-state index is 10.3. The van der Waals surface area contributed by atoms with Crippen molar-refractivity contribution in [2.75, 3.05) is 0 Å². The zero-order chi connectivity index (χ0) is 7.28. The molecule has 6 heteroatoms. The lowest BCUT2D eigenvalue weighted by Gasteiger charge is -2.00. The predicted octanol–water partition coefficient (Wildman–Crippen LogP) is 1.52. The molecule has 0 aromatic carbocycles. The van der Waals surface area contributed by atoms with Gasteiger partial charge >= 0.3 is 14.6 Å². The molecule has 0 aliphatic rings. The van der Waals surface area contributed by atoms with E-state index in [9.17, 15) is 9.36 Å². The van der Waals surface area contributed by atoms with E-state index in [0.29, 0.717) is 4.35 Å². The molecule has 0 unspecified atom stereocenters. The van der Waals surface area contributed by atoms with Crippen LogP contribution in [0.4, 0.5) is 0 Å². The minimum atomic E-state index is -0.546. The van der Waals surface area contributed by atoms with Gasteiger partial charge < -0.3 is 4.84 Å². The van der Waals surface area contributed by atoms with Crippen molar-refractivity contribution in [2.24, 2.45) is 0 Å². The molecule has 4 nitrogen and oxygen atoms in total. The van der Waals surface area contributed by atoms with Crippen LogP contribution in [0.15, 0.2) is 0 Å². The van der Waals surface area contributed by atoms with Crippen molar-refractivity contribution in [1.82, 2.24) is 4.35 Å². The van der Waals surface area contributed by atoms with Gasteiger partial charge in [0, 0.05) is 22.6 Å². The zero-order valence-electron chi connectivity index (χ0n) is 4.70. The first-order valence-corrected chi connectivity index (χ1v) is 3.31. The zero-order valence-corrected chi connectivity index (χ0v) is 6.35. The van der Waals surface area contributed by atoms with Gasteiger partial charge in [-0.2, -0.15) is 0 Å². The molecular formula is C3H5ClNO3P. The van der Waals surface area contributed by atoms with Crippen LogP contribution in [0.3, 0.4) is 0 Å². The Balaban J connectivity index is 3.46. The molecule has 0 aliphatic carbocycles. The lowest BCUT2D eigenvalue weighted by Crippen LogP contribution is -2.07. The predicted molar refractivity (Wildman–Crippen MR) is 31.7 cm³/mol. The molecule has 0 radical (unpaired) electrons. The summed E-state index contributed by atoms with van der Waals surface area (Å²) in [4.78, 5) is 14.5. The third kappa shape index (κ3) is 4.33. The molecular weight excluding hydrogens is 164 g/mol. The van der Waals surface area contributed by atoms with Crippen molar-refractivity contribution in [2.45, 2.75) is 13.3 Å². The first-order chi connectivity index (χ1) is 4.20. The molecule has 0 fully saturated rings. The van der Waals surface area contributed by atoms with Crippen LogP contribution in [0.1, 0.15) is 13.3 Å². The fourth-order valence-corrected chi connectivity index (χ4v) is 0.367. The van der Waals surface area contributed by atoms with E-state index >= 15 is 0 Å². The second kappa shape index (κ2) is 4.68. The Morgan fingerprint density at radius 1 is 1.89 bits per heavy atom. The summed E-state index contributed by atoms with van der Waals surface area (Å²) in [5.74, 6) is -0.520. The number of hydrogen-bond donors (Lipinski definition) is 0. The second-order valence-electron chi connectivity index (χ2n) is 1.12. The van der Waals surface area contributed by atoms with Crippen LogP contribution in [0, 0.1) is 0 Å². The Bertz CT molecular complexity index is 120. The minimum Gasteiger partial charge on any atom is -0.341 e. The molecule has 0 bridgehead atoms. The first kappa shape index (κ1) is 8.82. The molecule has 0 rings (SSSR count). The maximum atomic E-state index is 10.3. The minimum absolute atomic E-state index is 0.207. The standard InChI is InChI=1S/C3H5ClNO3P/c1-2-3(6)8-5(4)9-7/h2H2,1H3. The first-order valence-electron chi connectivity index (χ1n) is 2.20. The summed E-state index contributed by atoms with van der Waals surface area (Å²) in [6.45, 7) is 1.61. The largest absolute Gasteiger partial charge is 0.341 e. The van der Waals surface area contributed by atoms with Gasteiger partial charge in [-0.25, -0.2) is 0 Å². The van der Waals surface area contributed by atoms with Crippen molar-refractivity contribution in [3.63, 3.8) is 0 Å². The van der Waals surface area contributed by atoms with Gasteiger partial charge in [0.2, 0.25) is 0 Å². The molecule has 52 valence electrons. The highest BCUT2D eigenvalue weighted by Crippen LogP contribution is 2.09. The highest BCUT2D eigenvalue weighted by Gasteiger charge is 2.05. The van der Waals surface area contributed by atoms with Crippen molar-refractivity contribution in [3.8, 4) is 0 Å². The maximum Gasteiger partial charge on any atom is 0.327 e. The Labute approximate surface area is 59.0 Å². The summed E-state index contributed by atoms with van der Waals surface area (Å²) in [6, 6.07) is 0. The van der Waals surface area contributed by atoms with Crippen LogP contribution in [0.2, 0.25) is 0 Å². The van der Waals surface area contributed by atoms with Crippen LogP contribution in [-0.4, -0.2) is 10.3 Å². The van der Waals surface area contributed by atoms with Gasteiger partial charge in [-0.05, 0) is 0 Å². The molecule has 0 spiro atoms. The molecule has 0 aromatic heterocycles. The molecule has 0 aliphatic heterocycles. The van der Waals surface area contributed by atoms with E-state index in [1.54, 1.807) is 6.92 Å². The third-order valence-electron chi connectivity index (χ3n) is 0.530. The molecule has 0 aromatic rings. The molecule has 0 heterocycles. The van der Waals surface area contributed by atoms with E-state index in [1.165, 1.54) is 0 Å². The Morgan fingerprint density at radius 2 is 2.44 bits per heavy atom. The highest BCUT2D eigenvalue weighted by molar-refractivity contribution is 7.22. The van der Waals surface area contributed by atoms with E-state index in [2.05, 4.69) is 4.84 Å². The van der Waals surface area contributed by atoms with Crippen LogP contribution >= 0.6 is 20.4 Å².